The van der Waals surface area contributed by atoms with Crippen LogP contribution in [0.4, 0.5) is 4.39 Å². The van der Waals surface area contributed by atoms with E-state index in [-0.39, 0.29) is 18.0 Å². The molecule has 0 heterocycles. The molecule has 0 spiro atoms. The fraction of sp³-hybridized carbons (Fsp3) is 0.600. The molecule has 0 aliphatic carbocycles. The molecule has 1 rings (SSSR count). The van der Waals surface area contributed by atoms with Crippen LogP contribution in [0.15, 0.2) is 18.2 Å². The fourth-order valence-corrected chi connectivity index (χ4v) is 1.75. The lowest BCUT2D eigenvalue weighted by atomic mass is 10.1. The maximum Gasteiger partial charge on any atom is 0.165 e. The Hall–Kier alpha value is -1.09. The number of hydrogen-bond acceptors (Lipinski definition) is 2. The average molecular weight is 253 g/mol. The van der Waals surface area contributed by atoms with E-state index in [4.69, 9.17) is 4.74 Å². The van der Waals surface area contributed by atoms with Crippen LogP contribution in [0.2, 0.25) is 0 Å². The molecule has 102 valence electrons. The maximum atomic E-state index is 13.8. The Morgan fingerprint density at radius 1 is 1.28 bits per heavy atom. The molecule has 0 saturated heterocycles. The van der Waals surface area contributed by atoms with Crippen LogP contribution >= 0.6 is 0 Å². The summed E-state index contributed by atoms with van der Waals surface area (Å²) in [6, 6.07) is 5.35. The second-order valence-electron chi connectivity index (χ2n) is 4.89. The molecule has 0 amide bonds. The molecule has 1 N–H and O–H groups in total. The lowest BCUT2D eigenvalue weighted by molar-refractivity contribution is 0.231. The van der Waals surface area contributed by atoms with Crippen molar-refractivity contribution >= 4 is 0 Å². The summed E-state index contributed by atoms with van der Waals surface area (Å²) in [5, 5.41) is 3.38. The summed E-state index contributed by atoms with van der Waals surface area (Å²) in [4.78, 5) is 0. The zero-order chi connectivity index (χ0) is 13.5. The summed E-state index contributed by atoms with van der Waals surface area (Å²) in [6.45, 7) is 8.95. The van der Waals surface area contributed by atoms with Gasteiger partial charge in [-0.1, -0.05) is 19.4 Å². The summed E-state index contributed by atoms with van der Waals surface area (Å²) < 4.78 is 19.2. The van der Waals surface area contributed by atoms with Gasteiger partial charge in [0.2, 0.25) is 0 Å². The van der Waals surface area contributed by atoms with Crippen LogP contribution in [0.3, 0.4) is 0 Å². The highest BCUT2D eigenvalue weighted by Crippen LogP contribution is 2.22. The summed E-state index contributed by atoms with van der Waals surface area (Å²) in [7, 11) is 0. The molecule has 1 aromatic carbocycles. The normalized spacial score (nSPS) is 12.8. The fourth-order valence-electron chi connectivity index (χ4n) is 1.75. The number of nitrogens with one attached hydrogen (secondary N) is 1. The summed E-state index contributed by atoms with van der Waals surface area (Å²) in [6.07, 6.45) is 2.29. The van der Waals surface area contributed by atoms with E-state index in [0.717, 1.165) is 24.9 Å². The monoisotopic (exact) mass is 253 g/mol. The first-order valence-corrected chi connectivity index (χ1v) is 6.74. The van der Waals surface area contributed by atoms with E-state index in [9.17, 15) is 4.39 Å². The number of rotatable bonds is 7. The van der Waals surface area contributed by atoms with Gasteiger partial charge in [0.05, 0.1) is 6.10 Å². The van der Waals surface area contributed by atoms with Crippen LogP contribution in [0.5, 0.6) is 5.75 Å². The third-order valence-electron chi connectivity index (χ3n) is 2.80. The van der Waals surface area contributed by atoms with E-state index in [1.807, 2.05) is 26.8 Å². The molecule has 18 heavy (non-hydrogen) atoms. The predicted molar refractivity (Wildman–Crippen MR) is 73.5 cm³/mol. The SMILES string of the molecule is CCCCN[C@@H](C)c1ccc(OC(C)C)c(F)c1. The molecule has 0 radical (unpaired) electrons. The Morgan fingerprint density at radius 2 is 2.00 bits per heavy atom. The first-order chi connectivity index (χ1) is 8.54. The van der Waals surface area contributed by atoms with Crippen molar-refractivity contribution in [2.45, 2.75) is 52.7 Å². The molecule has 1 aromatic rings. The largest absolute Gasteiger partial charge is 0.488 e. The van der Waals surface area contributed by atoms with Gasteiger partial charge in [0, 0.05) is 6.04 Å². The van der Waals surface area contributed by atoms with E-state index < -0.39 is 0 Å². The van der Waals surface area contributed by atoms with Gasteiger partial charge in [-0.15, -0.1) is 0 Å². The van der Waals surface area contributed by atoms with Crippen LogP contribution in [-0.2, 0) is 0 Å². The molecule has 3 heteroatoms. The Bertz CT molecular complexity index is 366. The first-order valence-electron chi connectivity index (χ1n) is 6.74. The molecule has 0 aliphatic heterocycles. The Labute approximate surface area is 110 Å². The van der Waals surface area contributed by atoms with E-state index in [2.05, 4.69) is 12.2 Å². The number of halogens is 1. The standard InChI is InChI=1S/C15H24FNO/c1-5-6-9-17-12(4)13-7-8-15(14(16)10-13)18-11(2)3/h7-8,10-12,17H,5-6,9H2,1-4H3/t12-/m0/s1. The topological polar surface area (TPSA) is 21.3 Å². The van der Waals surface area contributed by atoms with Gasteiger partial charge in [-0.3, -0.25) is 0 Å². The first kappa shape index (κ1) is 15.0. The van der Waals surface area contributed by atoms with Gasteiger partial charge in [-0.2, -0.15) is 0 Å². The van der Waals surface area contributed by atoms with Gasteiger partial charge in [0.1, 0.15) is 0 Å². The number of unbranched alkanes of at least 4 members (excludes halogenated alkanes) is 1. The van der Waals surface area contributed by atoms with Gasteiger partial charge in [-0.25, -0.2) is 4.39 Å². The third kappa shape index (κ3) is 4.65. The number of hydrogen-bond donors (Lipinski definition) is 1. The lowest BCUT2D eigenvalue weighted by Crippen LogP contribution is -2.19. The van der Waals surface area contributed by atoms with Gasteiger partial charge in [0.15, 0.2) is 11.6 Å². The van der Waals surface area contributed by atoms with Crippen molar-refractivity contribution in [2.75, 3.05) is 6.54 Å². The van der Waals surface area contributed by atoms with Crippen LogP contribution in [0.25, 0.3) is 0 Å². The number of benzene rings is 1. The molecule has 2 nitrogen and oxygen atoms in total. The van der Waals surface area contributed by atoms with Crippen LogP contribution < -0.4 is 10.1 Å². The summed E-state index contributed by atoms with van der Waals surface area (Å²) in [5.41, 5.74) is 0.958. The highest BCUT2D eigenvalue weighted by Gasteiger charge is 2.10. The molecule has 0 aromatic heterocycles. The molecular formula is C15H24FNO. The van der Waals surface area contributed by atoms with Gasteiger partial charge < -0.3 is 10.1 Å². The van der Waals surface area contributed by atoms with Crippen molar-refractivity contribution in [1.29, 1.82) is 0 Å². The predicted octanol–water partition coefficient (Wildman–Crippen LogP) is 4.06. The Kier molecular flexibility index (Phi) is 6.13. The molecule has 0 aliphatic rings. The highest BCUT2D eigenvalue weighted by molar-refractivity contribution is 5.31. The minimum atomic E-state index is -0.287. The van der Waals surface area contributed by atoms with E-state index in [1.165, 1.54) is 0 Å². The van der Waals surface area contributed by atoms with Crippen molar-refractivity contribution in [3.05, 3.63) is 29.6 Å². The van der Waals surface area contributed by atoms with Crippen LogP contribution in [0, 0.1) is 5.82 Å². The summed E-state index contributed by atoms with van der Waals surface area (Å²) in [5.74, 6) is 0.0415. The van der Waals surface area contributed by atoms with Crippen molar-refractivity contribution in [2.24, 2.45) is 0 Å². The highest BCUT2D eigenvalue weighted by atomic mass is 19.1. The molecule has 0 bridgehead atoms. The van der Waals surface area contributed by atoms with E-state index >= 15 is 0 Å². The second-order valence-corrected chi connectivity index (χ2v) is 4.89. The zero-order valence-electron chi connectivity index (χ0n) is 11.8. The number of ether oxygens (including phenoxy) is 1. The minimum absolute atomic E-state index is 0.00884. The molecular weight excluding hydrogens is 229 g/mol. The zero-order valence-corrected chi connectivity index (χ0v) is 11.8. The summed E-state index contributed by atoms with van der Waals surface area (Å²) >= 11 is 0. The molecule has 0 unspecified atom stereocenters. The molecule has 0 saturated carbocycles. The quantitative estimate of drug-likeness (QED) is 0.740. The molecule has 0 fully saturated rings. The van der Waals surface area contributed by atoms with Gasteiger partial charge in [-0.05, 0) is 51.4 Å². The lowest BCUT2D eigenvalue weighted by Gasteiger charge is -2.16. The second kappa shape index (κ2) is 7.37. The van der Waals surface area contributed by atoms with Crippen molar-refractivity contribution in [3.8, 4) is 5.75 Å². The third-order valence-corrected chi connectivity index (χ3v) is 2.80. The maximum absolute atomic E-state index is 13.8. The molecule has 1 atom stereocenters. The Balaban J connectivity index is 2.65. The van der Waals surface area contributed by atoms with Gasteiger partial charge in [0.25, 0.3) is 0 Å². The average Bonchev–Trinajstić information content (AvgIpc) is 2.31. The van der Waals surface area contributed by atoms with Gasteiger partial charge >= 0.3 is 0 Å². The van der Waals surface area contributed by atoms with Crippen molar-refractivity contribution in [1.82, 2.24) is 5.32 Å². The smallest absolute Gasteiger partial charge is 0.165 e. The van der Waals surface area contributed by atoms with Crippen LogP contribution in [-0.4, -0.2) is 12.6 Å². The van der Waals surface area contributed by atoms with Crippen LogP contribution in [0.1, 0.15) is 52.1 Å². The van der Waals surface area contributed by atoms with E-state index in [1.54, 1.807) is 12.1 Å². The van der Waals surface area contributed by atoms with Crippen molar-refractivity contribution < 1.29 is 9.13 Å². The van der Waals surface area contributed by atoms with E-state index in [0.29, 0.717) is 5.75 Å². The minimum Gasteiger partial charge on any atom is -0.488 e. The Morgan fingerprint density at radius 3 is 2.56 bits per heavy atom. The van der Waals surface area contributed by atoms with Crippen molar-refractivity contribution in [3.63, 3.8) is 0 Å².